The van der Waals surface area contributed by atoms with Crippen LogP contribution in [0.2, 0.25) is 0 Å². The number of hydrogen-bond donors (Lipinski definition) is 0. The van der Waals surface area contributed by atoms with E-state index in [1.807, 2.05) is 0 Å². The molecular weight excluding hydrogens is 466 g/mol. The van der Waals surface area contributed by atoms with Crippen molar-refractivity contribution in [2.75, 3.05) is 0 Å². The van der Waals surface area contributed by atoms with E-state index in [0.717, 1.165) is 0 Å². The Kier molecular flexibility index (Phi) is 1.24. The van der Waals surface area contributed by atoms with Crippen LogP contribution >= 0.6 is 0 Å². The van der Waals surface area contributed by atoms with Gasteiger partial charge >= 0.3 is 95.1 Å². The summed E-state index contributed by atoms with van der Waals surface area (Å²) in [6, 6.07) is 0. The molecule has 0 fully saturated rings. The Morgan fingerprint density at radius 3 is 0.381 bits per heavy atom. The van der Waals surface area contributed by atoms with Crippen LogP contribution in [0.1, 0.15) is 0 Å². The molecule has 0 aliphatic carbocycles. The van der Waals surface area contributed by atoms with Crippen LogP contribution in [0.4, 0.5) is 0 Å². The van der Waals surface area contributed by atoms with Crippen LogP contribution in [-0.2, 0) is 51.6 Å². The van der Waals surface area contributed by atoms with Gasteiger partial charge in [0.05, 0.1) is 0 Å². The maximum absolute atomic E-state index is 13.2. The summed E-state index contributed by atoms with van der Waals surface area (Å²) < 4.78 is -19.0. The molecule has 21 heavy (non-hydrogen) atoms. The molecule has 0 saturated carbocycles. The molecule has 0 atom stereocenters. The average Bonchev–Trinajstić information content (AvgIpc) is 2.65. The minimum absolute atomic E-state index is 0.576. The molecule has 11 heteroatoms. The van der Waals surface area contributed by atoms with Crippen molar-refractivity contribution in [1.82, 2.24) is 0 Å². The monoisotopic (exact) mass is 467 g/mol. The van der Waals surface area contributed by atoms with Gasteiger partial charge in [-0.2, -0.15) is 0 Å². The standard InChI is InChI=1S/10CO.Re/c10*1-2;. The van der Waals surface area contributed by atoms with Crippen LogP contribution in [-0.4, -0.2) is 43.5 Å². The van der Waals surface area contributed by atoms with Crippen LogP contribution in [0, 0.1) is 0 Å². The van der Waals surface area contributed by atoms with Gasteiger partial charge in [-0.25, -0.2) is 0 Å². The Morgan fingerprint density at radius 1 is 0.286 bits per heavy atom. The SMILES string of the molecule is O=[C]=[Re](=[C]=O)(=[C]=O)(=[C]=O)(=[C]=O)(=[C]=O)(=[C]=O)(=[C]=O)(=[C]=O)=[C]=O. The Hall–Kier alpha value is -3.54. The molecule has 0 saturated heterocycles. The first-order chi connectivity index (χ1) is 9.31. The van der Waals surface area contributed by atoms with Gasteiger partial charge in [-0.05, 0) is 0 Å². The van der Waals surface area contributed by atoms with Crippen molar-refractivity contribution in [2.45, 2.75) is 0 Å². The van der Waals surface area contributed by atoms with Crippen LogP contribution in [0.5, 0.6) is 0 Å². The minimum atomic E-state index is -13.2. The quantitative estimate of drug-likeness (QED) is 0.343. The third kappa shape index (κ3) is 0.461. The fraction of sp³-hybridized carbons (Fsp3) is 0. The van der Waals surface area contributed by atoms with Crippen LogP contribution < -0.4 is 0 Å². The molecule has 107 valence electrons. The van der Waals surface area contributed by atoms with E-state index in [2.05, 4.69) is 0 Å². The number of rotatable bonds is 0. The van der Waals surface area contributed by atoms with Gasteiger partial charge in [-0.15, -0.1) is 0 Å². The molecule has 10 nitrogen and oxygen atoms in total. The number of carbonyl (C=O) groups excluding carboxylic acids is 10. The van der Waals surface area contributed by atoms with Gasteiger partial charge in [0.1, 0.15) is 0 Å². The van der Waals surface area contributed by atoms with Gasteiger partial charge in [0.25, 0.3) is 0 Å². The van der Waals surface area contributed by atoms with Gasteiger partial charge in [-0.3, -0.25) is 0 Å². The first kappa shape index (κ1) is 17.5. The van der Waals surface area contributed by atoms with Gasteiger partial charge < -0.3 is 0 Å². The zero-order valence-electron chi connectivity index (χ0n) is 9.46. The Morgan fingerprint density at radius 2 is 0.381 bits per heavy atom. The molecule has 0 radical (unpaired) electrons. The third-order valence-electron chi connectivity index (χ3n) is 3.47. The molecule has 0 aromatic heterocycles. The normalized spacial score (nSPS) is 17.1. The van der Waals surface area contributed by atoms with E-state index in [1.54, 1.807) is 0 Å². The van der Waals surface area contributed by atoms with Crippen molar-refractivity contribution in [3.05, 3.63) is 0 Å². The summed E-state index contributed by atoms with van der Waals surface area (Å²) in [6.45, 7) is 0. The molecule has 0 N–H and O–H groups in total. The zero-order chi connectivity index (χ0) is 17.4. The van der Waals surface area contributed by atoms with Crippen LogP contribution in [0.3, 0.4) is 0 Å². The second kappa shape index (κ2) is 1.49. The van der Waals surface area contributed by atoms with Crippen molar-refractivity contribution in [2.24, 2.45) is 0 Å². The molecule has 0 aromatic rings. The summed E-state index contributed by atoms with van der Waals surface area (Å²) in [5.41, 5.74) is 0. The second-order valence-corrected chi connectivity index (χ2v) is 41.1. The molecule has 0 aromatic carbocycles. The Bertz CT molecular complexity index is 2190. The molecule has 0 heterocycles. The summed E-state index contributed by atoms with van der Waals surface area (Å²) in [5, 5.41) is 0. The van der Waals surface area contributed by atoms with Gasteiger partial charge in [0.15, 0.2) is 0 Å². The fourth-order valence-corrected chi connectivity index (χ4v) is 5.80. The van der Waals surface area contributed by atoms with E-state index in [0.29, 0.717) is 0 Å². The van der Waals surface area contributed by atoms with Crippen LogP contribution in [0.15, 0.2) is 0 Å². The van der Waals surface area contributed by atoms with Crippen LogP contribution in [0.25, 0.3) is 0 Å². The van der Waals surface area contributed by atoms with E-state index in [-0.39, 0.29) is 0 Å². The number of hydrogen-bond acceptors (Lipinski definition) is 10. The molecule has 0 spiro atoms. The molecular formula is C10O10Re. The van der Waals surface area contributed by atoms with Gasteiger partial charge in [0, 0.05) is 0 Å². The van der Waals surface area contributed by atoms with Gasteiger partial charge in [0.2, 0.25) is 0 Å². The fourth-order valence-electron chi connectivity index (χ4n) is 0.709. The Balaban J connectivity index is 17.8. The van der Waals surface area contributed by atoms with Crippen molar-refractivity contribution in [3.8, 4) is 0 Å². The molecule has 0 bridgehead atoms. The van der Waals surface area contributed by atoms with E-state index < -0.39 is 47.2 Å². The maximum atomic E-state index is 11.4. The predicted octanol–water partition coefficient (Wildman–Crippen LogP) is -3.97. The van der Waals surface area contributed by atoms with Crippen molar-refractivity contribution < 1.29 is 51.6 Å². The van der Waals surface area contributed by atoms with Crippen molar-refractivity contribution >= 4 is 43.5 Å². The third-order valence-corrected chi connectivity index (χ3v) is 28.4. The summed E-state index contributed by atoms with van der Waals surface area (Å²) in [4.78, 5) is 114. The molecule has 0 aliphatic rings. The summed E-state index contributed by atoms with van der Waals surface area (Å²) in [5.74, 6) is 0. The van der Waals surface area contributed by atoms with Crippen molar-refractivity contribution in [3.63, 3.8) is 0 Å². The van der Waals surface area contributed by atoms with E-state index >= 15 is 0 Å². The first-order valence-electron chi connectivity index (χ1n) is 3.93. The van der Waals surface area contributed by atoms with E-state index in [4.69, 9.17) is 0 Å². The molecule has 0 unspecified atom stereocenters. The molecule has 0 aliphatic heterocycles. The summed E-state index contributed by atoms with van der Waals surface area (Å²) in [7, 11) is 0. The topological polar surface area (TPSA) is 171 Å². The zero-order valence-corrected chi connectivity index (χ0v) is 12.2. The summed E-state index contributed by atoms with van der Waals surface area (Å²) in [6.07, 6.45) is 0. The Labute approximate surface area is 95.3 Å². The first-order valence-corrected chi connectivity index (χ1v) is 17.5. The molecule has 0 amide bonds. The van der Waals surface area contributed by atoms with E-state index in [9.17, 15) is 47.9 Å². The van der Waals surface area contributed by atoms with Crippen molar-refractivity contribution in [1.29, 1.82) is 0 Å². The van der Waals surface area contributed by atoms with E-state index in [1.165, 1.54) is 0 Å². The van der Waals surface area contributed by atoms with Gasteiger partial charge in [-0.1, -0.05) is 0 Å². The summed E-state index contributed by atoms with van der Waals surface area (Å²) >= 11 is 0. The predicted molar refractivity (Wildman–Crippen MR) is 56.9 cm³/mol. The average molecular weight is 466 g/mol. The second-order valence-electron chi connectivity index (χ2n) is 5.02. The molecule has 0 rings (SSSR count).